The summed E-state index contributed by atoms with van der Waals surface area (Å²) in [4.78, 5) is 66.6. The number of rotatable bonds is 48. The van der Waals surface area contributed by atoms with Gasteiger partial charge >= 0.3 is 17.9 Å². The standard InChI is InChI=1S/C54H98O8/c1-4-7-10-13-16-19-22-25-28-31-34-37-40-43-46-54(53(61)62-52(60)48(55)47-51(58)59,49(56)44-41-38-35-32-29-26-23-20-17-14-11-8-5-2)50(57)45-42-39-36-33-30-27-24-21-18-15-12-9-6-3/h25,28,48,55H,4-24,26-27,29-47H2,1-3H3,(H,58,59)/b28-25-. The highest BCUT2D eigenvalue weighted by atomic mass is 16.6. The second kappa shape index (κ2) is 43.9. The van der Waals surface area contributed by atoms with E-state index in [0.717, 1.165) is 77.0 Å². The van der Waals surface area contributed by atoms with Gasteiger partial charge in [-0.25, -0.2) is 9.59 Å². The van der Waals surface area contributed by atoms with E-state index < -0.39 is 47.4 Å². The normalized spacial score (nSPS) is 12.3. The molecule has 1 atom stereocenters. The van der Waals surface area contributed by atoms with Crippen LogP contribution in [0.1, 0.15) is 290 Å². The van der Waals surface area contributed by atoms with Gasteiger partial charge in [0.1, 0.15) is 0 Å². The SMILES string of the molecule is CCCCCCCC/C=C\CCCCCCC(C(=O)CCCCCCCCCCCCCCC)(C(=O)CCCCCCCCCCCCCCC)C(=O)OC(=O)C(O)CC(=O)O. The third kappa shape index (κ3) is 33.2. The largest absolute Gasteiger partial charge is 0.481 e. The summed E-state index contributed by atoms with van der Waals surface area (Å²) >= 11 is 0. The van der Waals surface area contributed by atoms with Crippen molar-refractivity contribution in [2.75, 3.05) is 0 Å². The number of allylic oxidation sites excluding steroid dienone is 2. The van der Waals surface area contributed by atoms with Gasteiger partial charge in [-0.2, -0.15) is 0 Å². The fraction of sp³-hybridized carbons (Fsp3) is 0.870. The molecule has 0 aromatic rings. The lowest BCUT2D eigenvalue weighted by Crippen LogP contribution is -2.49. The maximum absolute atomic E-state index is 14.3. The molecule has 8 nitrogen and oxygen atoms in total. The molecular weight excluding hydrogens is 777 g/mol. The first kappa shape index (κ1) is 59.6. The van der Waals surface area contributed by atoms with Gasteiger partial charge in [0.25, 0.3) is 0 Å². The lowest BCUT2D eigenvalue weighted by atomic mass is 9.72. The molecule has 0 saturated heterocycles. The van der Waals surface area contributed by atoms with Gasteiger partial charge in [0.2, 0.25) is 0 Å². The van der Waals surface area contributed by atoms with Crippen molar-refractivity contribution < 1.29 is 38.9 Å². The number of carboxylic acid groups (broad SMARTS) is 1. The Morgan fingerprint density at radius 1 is 0.435 bits per heavy atom. The van der Waals surface area contributed by atoms with Crippen LogP contribution in [0.2, 0.25) is 0 Å². The summed E-state index contributed by atoms with van der Waals surface area (Å²) in [5.74, 6) is -5.13. The highest BCUT2D eigenvalue weighted by Crippen LogP contribution is 2.35. The molecule has 0 saturated carbocycles. The first-order valence-electron chi connectivity index (χ1n) is 26.5. The molecule has 0 radical (unpaired) electrons. The highest BCUT2D eigenvalue weighted by Gasteiger charge is 2.52. The van der Waals surface area contributed by atoms with E-state index >= 15 is 0 Å². The van der Waals surface area contributed by atoms with Crippen molar-refractivity contribution in [1.29, 1.82) is 0 Å². The Balaban J connectivity index is 5.49. The Morgan fingerprint density at radius 2 is 0.726 bits per heavy atom. The van der Waals surface area contributed by atoms with Gasteiger partial charge in [-0.3, -0.25) is 14.4 Å². The van der Waals surface area contributed by atoms with Crippen LogP contribution in [-0.4, -0.2) is 45.8 Å². The van der Waals surface area contributed by atoms with Crippen LogP contribution in [0.4, 0.5) is 0 Å². The number of aliphatic carboxylic acids is 1. The van der Waals surface area contributed by atoms with Crippen molar-refractivity contribution >= 4 is 29.5 Å². The number of Topliss-reactive ketones (excluding diaryl/α,β-unsaturated/α-hetero) is 2. The Hall–Kier alpha value is -2.35. The molecule has 362 valence electrons. The minimum atomic E-state index is -2.14. The van der Waals surface area contributed by atoms with Crippen LogP contribution in [0.15, 0.2) is 12.2 Å². The molecule has 1 unspecified atom stereocenters. The molecule has 0 heterocycles. The van der Waals surface area contributed by atoms with Gasteiger partial charge in [-0.1, -0.05) is 238 Å². The predicted octanol–water partition coefficient (Wildman–Crippen LogP) is 15.6. The number of carbonyl (C=O) groups is 5. The quantitative estimate of drug-likeness (QED) is 0.0267. The molecule has 8 heteroatoms. The Labute approximate surface area is 381 Å². The highest BCUT2D eigenvalue weighted by molar-refractivity contribution is 6.23. The fourth-order valence-electron chi connectivity index (χ4n) is 8.58. The number of aliphatic hydroxyl groups is 1. The van der Waals surface area contributed by atoms with Crippen molar-refractivity contribution in [3.63, 3.8) is 0 Å². The van der Waals surface area contributed by atoms with Crippen molar-refractivity contribution in [3.8, 4) is 0 Å². The fourth-order valence-corrected chi connectivity index (χ4v) is 8.58. The zero-order chi connectivity index (χ0) is 45.8. The monoisotopic (exact) mass is 875 g/mol. The summed E-state index contributed by atoms with van der Waals surface area (Å²) in [6.07, 6.45) is 44.0. The van der Waals surface area contributed by atoms with E-state index in [2.05, 4.69) is 32.9 Å². The topological polar surface area (TPSA) is 135 Å². The first-order chi connectivity index (χ1) is 30.2. The molecule has 0 bridgehead atoms. The number of ketones is 2. The van der Waals surface area contributed by atoms with Crippen molar-refractivity contribution in [2.24, 2.45) is 5.41 Å². The maximum atomic E-state index is 14.3. The number of unbranched alkanes of at least 4 members (excludes halogenated alkanes) is 34. The Bertz CT molecular complexity index is 1090. The number of aliphatic hydroxyl groups excluding tert-OH is 1. The lowest BCUT2D eigenvalue weighted by Gasteiger charge is -2.29. The number of carboxylic acids is 1. The summed E-state index contributed by atoms with van der Waals surface area (Å²) in [5.41, 5.74) is -2.14. The summed E-state index contributed by atoms with van der Waals surface area (Å²) in [6.45, 7) is 6.71. The summed E-state index contributed by atoms with van der Waals surface area (Å²) in [7, 11) is 0. The van der Waals surface area contributed by atoms with Crippen LogP contribution in [0.3, 0.4) is 0 Å². The van der Waals surface area contributed by atoms with Gasteiger partial charge in [0.05, 0.1) is 6.42 Å². The smallest absolute Gasteiger partial charge is 0.343 e. The summed E-state index contributed by atoms with van der Waals surface area (Å²) < 4.78 is 5.09. The first-order valence-corrected chi connectivity index (χ1v) is 26.5. The van der Waals surface area contributed by atoms with Gasteiger partial charge in [-0.05, 0) is 44.9 Å². The number of hydrogen-bond acceptors (Lipinski definition) is 7. The maximum Gasteiger partial charge on any atom is 0.343 e. The molecule has 0 spiro atoms. The molecule has 0 fully saturated rings. The molecule has 0 aliphatic carbocycles. The molecule has 0 amide bonds. The average Bonchev–Trinajstić information content (AvgIpc) is 3.25. The zero-order valence-electron chi connectivity index (χ0n) is 40.8. The Kier molecular flexibility index (Phi) is 42.2. The van der Waals surface area contributed by atoms with E-state index in [4.69, 9.17) is 9.84 Å². The van der Waals surface area contributed by atoms with Crippen LogP contribution in [0.25, 0.3) is 0 Å². The van der Waals surface area contributed by atoms with Crippen LogP contribution in [0, 0.1) is 5.41 Å². The second-order valence-electron chi connectivity index (χ2n) is 18.5. The van der Waals surface area contributed by atoms with E-state index in [1.807, 2.05) is 0 Å². The third-order valence-electron chi connectivity index (χ3n) is 12.7. The van der Waals surface area contributed by atoms with Crippen LogP contribution >= 0.6 is 0 Å². The van der Waals surface area contributed by atoms with Crippen molar-refractivity contribution in [2.45, 2.75) is 297 Å². The summed E-state index contributed by atoms with van der Waals surface area (Å²) in [6, 6.07) is 0. The number of esters is 2. The number of carbonyl (C=O) groups excluding carboxylic acids is 4. The van der Waals surface area contributed by atoms with E-state index in [1.54, 1.807) is 0 Å². The molecule has 2 N–H and O–H groups in total. The number of ether oxygens (including phenoxy) is 1. The predicted molar refractivity (Wildman–Crippen MR) is 257 cm³/mol. The third-order valence-corrected chi connectivity index (χ3v) is 12.7. The molecular formula is C54H98O8. The van der Waals surface area contributed by atoms with Gasteiger partial charge in [-0.15, -0.1) is 0 Å². The van der Waals surface area contributed by atoms with E-state index in [0.29, 0.717) is 25.7 Å². The van der Waals surface area contributed by atoms with E-state index in [9.17, 15) is 29.1 Å². The van der Waals surface area contributed by atoms with Crippen LogP contribution in [-0.2, 0) is 28.7 Å². The van der Waals surface area contributed by atoms with Crippen molar-refractivity contribution in [1.82, 2.24) is 0 Å². The lowest BCUT2D eigenvalue weighted by molar-refractivity contribution is -0.177. The molecule has 0 aromatic heterocycles. The van der Waals surface area contributed by atoms with E-state index in [-0.39, 0.29) is 19.3 Å². The average molecular weight is 875 g/mol. The molecule has 0 aromatic carbocycles. The van der Waals surface area contributed by atoms with E-state index in [1.165, 1.54) is 141 Å². The molecule has 0 aliphatic rings. The summed E-state index contributed by atoms with van der Waals surface area (Å²) in [5, 5.41) is 19.3. The molecule has 0 aliphatic heterocycles. The van der Waals surface area contributed by atoms with Crippen LogP contribution in [0.5, 0.6) is 0 Å². The zero-order valence-corrected chi connectivity index (χ0v) is 40.8. The minimum Gasteiger partial charge on any atom is -0.481 e. The minimum absolute atomic E-state index is 0.0342. The second-order valence-corrected chi connectivity index (χ2v) is 18.5. The van der Waals surface area contributed by atoms with Gasteiger partial charge in [0, 0.05) is 12.8 Å². The van der Waals surface area contributed by atoms with Gasteiger partial charge < -0.3 is 14.9 Å². The molecule has 0 rings (SSSR count). The van der Waals surface area contributed by atoms with Crippen LogP contribution < -0.4 is 0 Å². The Morgan fingerprint density at radius 3 is 1.05 bits per heavy atom. The van der Waals surface area contributed by atoms with Gasteiger partial charge in [0.15, 0.2) is 23.1 Å². The van der Waals surface area contributed by atoms with Crippen molar-refractivity contribution in [3.05, 3.63) is 12.2 Å². The number of hydrogen-bond donors (Lipinski definition) is 2. The molecule has 62 heavy (non-hydrogen) atoms.